The Kier molecular flexibility index (Phi) is 5.54. The molecule has 1 saturated carbocycles. The lowest BCUT2D eigenvalue weighted by molar-refractivity contribution is 0.414. The zero-order valence-corrected chi connectivity index (χ0v) is 17.6. The molecule has 1 saturated heterocycles. The van der Waals surface area contributed by atoms with Crippen LogP contribution in [0.1, 0.15) is 19.3 Å². The smallest absolute Gasteiger partial charge is 0.266 e. The second-order valence-corrected chi connectivity index (χ2v) is 9.63. The summed E-state index contributed by atoms with van der Waals surface area (Å²) in [6, 6.07) is 7.35. The fraction of sp³-hybridized carbons (Fsp3) is 0.474. The lowest BCUT2D eigenvalue weighted by Crippen LogP contribution is -2.37. The number of nitrogens with one attached hydrogen (secondary N) is 1. The molecule has 1 aliphatic heterocycles. The van der Waals surface area contributed by atoms with Crippen molar-refractivity contribution in [2.75, 3.05) is 25.1 Å². The molecule has 4 rings (SSSR count). The van der Waals surface area contributed by atoms with Crippen molar-refractivity contribution in [1.29, 1.82) is 0 Å². The quantitative estimate of drug-likeness (QED) is 0.709. The summed E-state index contributed by atoms with van der Waals surface area (Å²) in [6.45, 7) is 1.79. The van der Waals surface area contributed by atoms with Crippen LogP contribution in [0.2, 0.25) is 5.02 Å². The van der Waals surface area contributed by atoms with Gasteiger partial charge in [-0.3, -0.25) is 4.79 Å². The molecule has 0 amide bonds. The average Bonchev–Trinajstić information content (AvgIpc) is 3.39. The van der Waals surface area contributed by atoms with Gasteiger partial charge in [-0.1, -0.05) is 11.6 Å². The predicted octanol–water partition coefficient (Wildman–Crippen LogP) is 1.87. The number of nitrogens with zero attached hydrogens (tertiary/aromatic N) is 3. The molecule has 29 heavy (non-hydrogen) atoms. The van der Waals surface area contributed by atoms with Gasteiger partial charge in [-0.2, -0.15) is 5.10 Å². The molecule has 2 aromatic rings. The molecule has 1 atom stereocenters. The third kappa shape index (κ3) is 4.57. The second-order valence-electron chi connectivity index (χ2n) is 7.50. The number of aromatic nitrogens is 2. The van der Waals surface area contributed by atoms with Crippen molar-refractivity contribution in [3.05, 3.63) is 45.7 Å². The molecule has 8 nitrogen and oxygen atoms in total. The summed E-state index contributed by atoms with van der Waals surface area (Å²) in [5.41, 5.74) is -0.103. The Labute approximate surface area is 174 Å². The van der Waals surface area contributed by atoms with Gasteiger partial charge >= 0.3 is 0 Å². The zero-order valence-electron chi connectivity index (χ0n) is 16.0. The summed E-state index contributed by atoms with van der Waals surface area (Å²) in [7, 11) is -2.24. The number of hydrogen-bond acceptors (Lipinski definition) is 6. The van der Waals surface area contributed by atoms with E-state index in [1.54, 1.807) is 6.07 Å². The first-order chi connectivity index (χ1) is 13.9. The van der Waals surface area contributed by atoms with E-state index < -0.39 is 10.0 Å². The molecule has 2 fully saturated rings. The Morgan fingerprint density at radius 2 is 2.03 bits per heavy atom. The fourth-order valence-corrected chi connectivity index (χ4v) is 5.06. The van der Waals surface area contributed by atoms with E-state index in [1.165, 1.54) is 36.1 Å². The molecule has 156 valence electrons. The Morgan fingerprint density at radius 3 is 2.72 bits per heavy atom. The van der Waals surface area contributed by atoms with E-state index in [1.807, 2.05) is 4.90 Å². The number of rotatable bonds is 7. The minimum atomic E-state index is -3.71. The first-order valence-corrected chi connectivity index (χ1v) is 11.4. The highest BCUT2D eigenvalue weighted by Gasteiger charge is 2.29. The van der Waals surface area contributed by atoms with Crippen molar-refractivity contribution in [2.45, 2.75) is 36.7 Å². The number of hydrogen-bond donors (Lipinski definition) is 1. The van der Waals surface area contributed by atoms with Gasteiger partial charge in [-0.25, -0.2) is 17.8 Å². The second kappa shape index (κ2) is 7.97. The van der Waals surface area contributed by atoms with Crippen LogP contribution in [-0.4, -0.2) is 44.4 Å². The van der Waals surface area contributed by atoms with Crippen molar-refractivity contribution in [3.63, 3.8) is 0 Å². The highest BCUT2D eigenvalue weighted by atomic mass is 35.5. The van der Waals surface area contributed by atoms with Gasteiger partial charge in [-0.15, -0.1) is 0 Å². The summed E-state index contributed by atoms with van der Waals surface area (Å²) < 4.78 is 34.8. The molecule has 1 aromatic heterocycles. The molecule has 1 aliphatic carbocycles. The van der Waals surface area contributed by atoms with Gasteiger partial charge < -0.3 is 9.64 Å². The maximum absolute atomic E-state index is 12.7. The van der Waals surface area contributed by atoms with Gasteiger partial charge in [0.05, 0.1) is 17.0 Å². The van der Waals surface area contributed by atoms with E-state index in [-0.39, 0.29) is 21.5 Å². The van der Waals surface area contributed by atoms with Crippen LogP contribution in [0, 0.1) is 5.92 Å². The van der Waals surface area contributed by atoms with E-state index in [9.17, 15) is 13.2 Å². The predicted molar refractivity (Wildman–Crippen MR) is 110 cm³/mol. The molecule has 1 N–H and O–H groups in total. The highest BCUT2D eigenvalue weighted by Crippen LogP contribution is 2.30. The first kappa shape index (κ1) is 20.2. The molecule has 2 aliphatic rings. The molecule has 10 heteroatoms. The largest absolute Gasteiger partial charge is 0.495 e. The van der Waals surface area contributed by atoms with Crippen molar-refractivity contribution in [2.24, 2.45) is 5.92 Å². The molecule has 0 spiro atoms. The topological polar surface area (TPSA) is 93.5 Å². The standard InChI is InChI=1S/C19H23ClN4O4S/c1-28-17-5-4-15(10-16(17)20)29(26,27)22-14-8-9-23(12-14)18-6-7-19(25)24(21-18)11-13-2-3-13/h4-7,10,13-14,22H,2-3,8-9,11-12H2,1H3/t14-/m0/s1. The van der Waals surface area contributed by atoms with Crippen molar-refractivity contribution >= 4 is 27.4 Å². The van der Waals surface area contributed by atoms with Crippen LogP contribution in [0.15, 0.2) is 40.0 Å². The average molecular weight is 439 g/mol. The Morgan fingerprint density at radius 1 is 1.24 bits per heavy atom. The van der Waals surface area contributed by atoms with E-state index >= 15 is 0 Å². The van der Waals surface area contributed by atoms with Crippen LogP contribution < -0.4 is 19.9 Å². The normalized spacial score (nSPS) is 19.5. The Bertz CT molecular complexity index is 1070. The Hall–Kier alpha value is -2.10. The molecule has 0 unspecified atom stereocenters. The van der Waals surface area contributed by atoms with Gasteiger partial charge in [0.15, 0.2) is 0 Å². The molecule has 0 bridgehead atoms. The Balaban J connectivity index is 1.44. The summed E-state index contributed by atoms with van der Waals surface area (Å²) in [6.07, 6.45) is 2.93. The first-order valence-electron chi connectivity index (χ1n) is 9.55. The minimum absolute atomic E-state index is 0.0952. The van der Waals surface area contributed by atoms with Gasteiger partial charge in [0.25, 0.3) is 5.56 Å². The van der Waals surface area contributed by atoms with E-state index in [4.69, 9.17) is 16.3 Å². The van der Waals surface area contributed by atoms with Crippen molar-refractivity contribution in [1.82, 2.24) is 14.5 Å². The van der Waals surface area contributed by atoms with Crippen LogP contribution in [0.4, 0.5) is 5.82 Å². The van der Waals surface area contributed by atoms with E-state index in [2.05, 4.69) is 9.82 Å². The lowest BCUT2D eigenvalue weighted by atomic mass is 10.3. The summed E-state index contributed by atoms with van der Waals surface area (Å²) in [5, 5.41) is 4.72. The molecule has 2 heterocycles. The minimum Gasteiger partial charge on any atom is -0.495 e. The van der Waals surface area contributed by atoms with Crippen LogP contribution >= 0.6 is 11.6 Å². The maximum atomic E-state index is 12.7. The monoisotopic (exact) mass is 438 g/mol. The van der Waals surface area contributed by atoms with Gasteiger partial charge in [0.2, 0.25) is 10.0 Å². The number of methoxy groups -OCH3 is 1. The highest BCUT2D eigenvalue weighted by molar-refractivity contribution is 7.89. The number of benzene rings is 1. The summed E-state index contributed by atoms with van der Waals surface area (Å²) in [4.78, 5) is 14.1. The van der Waals surface area contributed by atoms with Crippen molar-refractivity contribution in [3.8, 4) is 5.75 Å². The third-order valence-electron chi connectivity index (χ3n) is 5.25. The summed E-state index contributed by atoms with van der Waals surface area (Å²) >= 11 is 6.06. The number of halogens is 1. The SMILES string of the molecule is COc1ccc(S(=O)(=O)N[C@H]2CCN(c3ccc(=O)n(CC4CC4)n3)C2)cc1Cl. The zero-order chi connectivity index (χ0) is 20.6. The fourth-order valence-electron chi connectivity index (χ4n) is 3.45. The van der Waals surface area contributed by atoms with Crippen LogP contribution in [-0.2, 0) is 16.6 Å². The number of ether oxygens (including phenoxy) is 1. The number of anilines is 1. The van der Waals surface area contributed by atoms with E-state index in [0.717, 1.165) is 12.8 Å². The molecular weight excluding hydrogens is 416 g/mol. The maximum Gasteiger partial charge on any atom is 0.266 e. The van der Waals surface area contributed by atoms with Crippen molar-refractivity contribution < 1.29 is 13.2 Å². The third-order valence-corrected chi connectivity index (χ3v) is 7.06. The molecule has 0 radical (unpaired) electrons. The number of sulfonamides is 1. The van der Waals surface area contributed by atoms with Crippen LogP contribution in [0.3, 0.4) is 0 Å². The van der Waals surface area contributed by atoms with Crippen LogP contribution in [0.5, 0.6) is 5.75 Å². The van der Waals surface area contributed by atoms with Crippen LogP contribution in [0.25, 0.3) is 0 Å². The van der Waals surface area contributed by atoms with Gasteiger partial charge in [-0.05, 0) is 49.4 Å². The van der Waals surface area contributed by atoms with Gasteiger partial charge in [0, 0.05) is 31.7 Å². The summed E-state index contributed by atoms with van der Waals surface area (Å²) in [5.74, 6) is 1.66. The molecule has 1 aromatic carbocycles. The van der Waals surface area contributed by atoms with Gasteiger partial charge in [0.1, 0.15) is 11.6 Å². The van der Waals surface area contributed by atoms with E-state index in [0.29, 0.717) is 43.5 Å². The lowest BCUT2D eigenvalue weighted by Gasteiger charge is -2.19. The molecular formula is C19H23ClN4O4S.